The van der Waals surface area contributed by atoms with Crippen LogP contribution < -0.4 is 4.72 Å². The highest BCUT2D eigenvalue weighted by atomic mass is 32.2. The van der Waals surface area contributed by atoms with Gasteiger partial charge < -0.3 is 9.26 Å². The Labute approximate surface area is 130 Å². The van der Waals surface area contributed by atoms with E-state index in [0.717, 1.165) is 12.8 Å². The number of carbonyl (C=O) groups excluding carboxylic acids is 1. The van der Waals surface area contributed by atoms with Crippen molar-refractivity contribution in [2.24, 2.45) is 5.41 Å². The lowest BCUT2D eigenvalue weighted by molar-refractivity contribution is -0.129. The van der Waals surface area contributed by atoms with Crippen molar-refractivity contribution in [3.63, 3.8) is 0 Å². The summed E-state index contributed by atoms with van der Waals surface area (Å²) in [5, 5.41) is 3.63. The average Bonchev–Trinajstić information content (AvgIpc) is 3.04. The molecular weight excluding hydrogens is 308 g/mol. The number of amides is 1. The molecule has 1 aliphatic carbocycles. The van der Waals surface area contributed by atoms with Crippen LogP contribution in [0.2, 0.25) is 0 Å². The first-order chi connectivity index (χ1) is 10.3. The number of nitrogens with one attached hydrogen (secondary N) is 1. The van der Waals surface area contributed by atoms with Crippen LogP contribution in [0, 0.1) is 19.3 Å². The fourth-order valence-electron chi connectivity index (χ4n) is 3.08. The molecule has 8 heteroatoms. The van der Waals surface area contributed by atoms with Crippen LogP contribution in [0.1, 0.15) is 43.6 Å². The largest absolute Gasteiger partial charge is 0.385 e. The van der Waals surface area contributed by atoms with Crippen LogP contribution >= 0.6 is 0 Å². The van der Waals surface area contributed by atoms with Gasteiger partial charge in [0.05, 0.1) is 5.41 Å². The van der Waals surface area contributed by atoms with Gasteiger partial charge in [-0.2, -0.15) is 0 Å². The maximum absolute atomic E-state index is 12.6. The molecule has 1 aliphatic rings. The minimum Gasteiger partial charge on any atom is -0.385 e. The molecule has 22 heavy (non-hydrogen) atoms. The molecule has 0 bridgehead atoms. The Hall–Kier alpha value is -1.41. The monoisotopic (exact) mass is 330 g/mol. The van der Waals surface area contributed by atoms with Gasteiger partial charge in [0.15, 0.2) is 10.7 Å². The van der Waals surface area contributed by atoms with Gasteiger partial charge in [-0.05, 0) is 33.1 Å². The molecule has 0 aliphatic heterocycles. The van der Waals surface area contributed by atoms with Crippen LogP contribution in [0.4, 0.5) is 0 Å². The van der Waals surface area contributed by atoms with Crippen LogP contribution in [0.15, 0.2) is 9.42 Å². The van der Waals surface area contributed by atoms with E-state index < -0.39 is 21.3 Å². The zero-order valence-electron chi connectivity index (χ0n) is 13.1. The number of aryl methyl sites for hydroxylation is 2. The number of aromatic nitrogens is 1. The summed E-state index contributed by atoms with van der Waals surface area (Å²) in [6, 6.07) is 0. The average molecular weight is 330 g/mol. The van der Waals surface area contributed by atoms with Crippen molar-refractivity contribution in [1.29, 1.82) is 0 Å². The molecule has 1 saturated carbocycles. The third kappa shape index (κ3) is 3.17. The molecule has 0 unspecified atom stereocenters. The van der Waals surface area contributed by atoms with E-state index in [2.05, 4.69) is 9.88 Å². The first-order valence-corrected chi connectivity index (χ1v) is 8.80. The summed E-state index contributed by atoms with van der Waals surface area (Å²) in [4.78, 5) is 12.6. The van der Waals surface area contributed by atoms with Crippen molar-refractivity contribution in [1.82, 2.24) is 9.88 Å². The lowest BCUT2D eigenvalue weighted by atomic mass is 9.82. The van der Waals surface area contributed by atoms with Gasteiger partial charge in [0.2, 0.25) is 5.91 Å². The fraction of sp³-hybridized carbons (Fsp3) is 0.714. The number of ether oxygens (including phenoxy) is 1. The fourth-order valence-corrected chi connectivity index (χ4v) is 4.48. The van der Waals surface area contributed by atoms with Gasteiger partial charge >= 0.3 is 0 Å². The zero-order chi connectivity index (χ0) is 16.4. The van der Waals surface area contributed by atoms with Gasteiger partial charge in [-0.25, -0.2) is 13.1 Å². The van der Waals surface area contributed by atoms with Crippen molar-refractivity contribution in [2.75, 3.05) is 13.7 Å². The highest BCUT2D eigenvalue weighted by Gasteiger charge is 2.43. The number of rotatable bonds is 6. The zero-order valence-corrected chi connectivity index (χ0v) is 14.0. The number of carbonyl (C=O) groups is 1. The molecule has 0 radical (unpaired) electrons. The van der Waals surface area contributed by atoms with E-state index in [0.29, 0.717) is 25.9 Å². The van der Waals surface area contributed by atoms with Crippen LogP contribution in [0.25, 0.3) is 0 Å². The third-order valence-electron chi connectivity index (χ3n) is 4.29. The maximum Gasteiger partial charge on any atom is 0.269 e. The van der Waals surface area contributed by atoms with E-state index in [4.69, 9.17) is 9.26 Å². The van der Waals surface area contributed by atoms with Gasteiger partial charge in [0.1, 0.15) is 5.69 Å². The van der Waals surface area contributed by atoms with E-state index in [-0.39, 0.29) is 16.3 Å². The van der Waals surface area contributed by atoms with Gasteiger partial charge in [-0.15, -0.1) is 0 Å². The molecular formula is C14H22N2O5S. The SMILES string of the molecule is COCCC1(C(=O)NS(=O)(=O)c2c(C)noc2C)CCCC1. The molecule has 124 valence electrons. The minimum atomic E-state index is -3.97. The second-order valence-electron chi connectivity index (χ2n) is 5.82. The first-order valence-electron chi connectivity index (χ1n) is 7.31. The smallest absolute Gasteiger partial charge is 0.269 e. The number of hydrogen-bond donors (Lipinski definition) is 1. The lowest BCUT2D eigenvalue weighted by Crippen LogP contribution is -2.43. The van der Waals surface area contributed by atoms with Gasteiger partial charge in [-0.1, -0.05) is 18.0 Å². The molecule has 1 amide bonds. The van der Waals surface area contributed by atoms with E-state index in [1.807, 2.05) is 0 Å². The molecule has 0 aromatic carbocycles. The lowest BCUT2D eigenvalue weighted by Gasteiger charge is -2.27. The molecule has 0 atom stereocenters. The van der Waals surface area contributed by atoms with Crippen LogP contribution in [-0.2, 0) is 19.6 Å². The molecule has 1 N–H and O–H groups in total. The van der Waals surface area contributed by atoms with Crippen LogP contribution in [0.5, 0.6) is 0 Å². The summed E-state index contributed by atoms with van der Waals surface area (Å²) in [5.41, 5.74) is -0.419. The second-order valence-corrected chi connectivity index (χ2v) is 7.44. The Balaban J connectivity index is 2.23. The van der Waals surface area contributed by atoms with E-state index >= 15 is 0 Å². The quantitative estimate of drug-likeness (QED) is 0.852. The van der Waals surface area contributed by atoms with Crippen molar-refractivity contribution in [3.05, 3.63) is 11.5 Å². The van der Waals surface area contributed by atoms with Gasteiger partial charge in [0.25, 0.3) is 10.0 Å². The molecule has 2 rings (SSSR count). The van der Waals surface area contributed by atoms with Crippen molar-refractivity contribution in [2.45, 2.75) is 50.8 Å². The molecule has 1 heterocycles. The third-order valence-corrected chi connectivity index (χ3v) is 5.87. The highest BCUT2D eigenvalue weighted by molar-refractivity contribution is 7.90. The maximum atomic E-state index is 12.6. The van der Waals surface area contributed by atoms with E-state index in [1.165, 1.54) is 13.8 Å². The number of sulfonamides is 1. The Morgan fingerprint density at radius 2 is 2.00 bits per heavy atom. The molecule has 1 aromatic heterocycles. The Bertz CT molecular complexity index is 625. The summed E-state index contributed by atoms with van der Waals surface area (Å²) < 4.78 is 37.1. The molecule has 1 aromatic rings. The Morgan fingerprint density at radius 1 is 1.36 bits per heavy atom. The summed E-state index contributed by atoms with van der Waals surface area (Å²) in [7, 11) is -2.40. The van der Waals surface area contributed by atoms with Gasteiger partial charge in [0, 0.05) is 13.7 Å². The Kier molecular flexibility index (Phi) is 4.91. The molecule has 0 saturated heterocycles. The predicted octanol–water partition coefficient (Wildman–Crippen LogP) is 1.69. The van der Waals surface area contributed by atoms with Crippen molar-refractivity contribution < 1.29 is 22.5 Å². The van der Waals surface area contributed by atoms with E-state index in [1.54, 1.807) is 7.11 Å². The second kappa shape index (κ2) is 6.37. The summed E-state index contributed by atoms with van der Waals surface area (Å²) in [6.07, 6.45) is 3.72. The van der Waals surface area contributed by atoms with Crippen LogP contribution in [-0.4, -0.2) is 33.2 Å². The normalized spacial score (nSPS) is 17.6. The number of nitrogens with zero attached hydrogens (tertiary/aromatic N) is 1. The van der Waals surface area contributed by atoms with Crippen molar-refractivity contribution in [3.8, 4) is 0 Å². The predicted molar refractivity (Wildman–Crippen MR) is 78.7 cm³/mol. The summed E-state index contributed by atoms with van der Waals surface area (Å²) in [6.45, 7) is 3.47. The Morgan fingerprint density at radius 3 is 2.50 bits per heavy atom. The number of methoxy groups -OCH3 is 1. The minimum absolute atomic E-state index is 0.0549. The van der Waals surface area contributed by atoms with Crippen LogP contribution in [0.3, 0.4) is 0 Å². The van der Waals surface area contributed by atoms with Crippen molar-refractivity contribution >= 4 is 15.9 Å². The molecule has 1 fully saturated rings. The standard InChI is InChI=1S/C14H22N2O5S/c1-10-12(11(2)21-15-10)22(18,19)16-13(17)14(8-9-20-3)6-4-5-7-14/h4-9H2,1-3H3,(H,16,17). The molecule has 0 spiro atoms. The summed E-state index contributed by atoms with van der Waals surface area (Å²) in [5.74, 6) is -0.280. The molecule has 7 nitrogen and oxygen atoms in total. The topological polar surface area (TPSA) is 98.5 Å². The van der Waals surface area contributed by atoms with Gasteiger partial charge in [-0.3, -0.25) is 4.79 Å². The first kappa shape index (κ1) is 17.0. The number of hydrogen-bond acceptors (Lipinski definition) is 6. The summed E-state index contributed by atoms with van der Waals surface area (Å²) >= 11 is 0. The van der Waals surface area contributed by atoms with E-state index in [9.17, 15) is 13.2 Å². The highest BCUT2D eigenvalue weighted by Crippen LogP contribution is 2.41.